The van der Waals surface area contributed by atoms with Gasteiger partial charge in [-0.3, -0.25) is 0 Å². The number of aryl methyl sites for hydroxylation is 1. The van der Waals surface area contributed by atoms with Gasteiger partial charge in [0.2, 0.25) is 0 Å². The van der Waals surface area contributed by atoms with Crippen LogP contribution >= 0.6 is 0 Å². The number of aromatic nitrogens is 1. The summed E-state index contributed by atoms with van der Waals surface area (Å²) in [7, 11) is 1.38. The lowest BCUT2D eigenvalue weighted by atomic mass is 10.2. The van der Waals surface area contributed by atoms with E-state index in [1.165, 1.54) is 7.11 Å². The molecule has 2 aromatic heterocycles. The fraction of sp³-hybridized carbons (Fsp3) is 0.188. The fourth-order valence-corrected chi connectivity index (χ4v) is 2.38. The maximum absolute atomic E-state index is 11.9. The minimum Gasteiger partial charge on any atom is -0.464 e. The highest BCUT2D eigenvalue weighted by Gasteiger charge is 2.18. The van der Waals surface area contributed by atoms with Crippen LogP contribution in [0.3, 0.4) is 0 Å². The summed E-state index contributed by atoms with van der Waals surface area (Å²) in [5.74, 6) is 0.471. The van der Waals surface area contributed by atoms with Gasteiger partial charge in [0.25, 0.3) is 0 Å². The Kier molecular flexibility index (Phi) is 3.06. The summed E-state index contributed by atoms with van der Waals surface area (Å²) in [4.78, 5) is 11.9. The molecule has 2 heterocycles. The number of hydrogen-bond acceptors (Lipinski definition) is 3. The van der Waals surface area contributed by atoms with Crippen LogP contribution in [0.2, 0.25) is 0 Å². The summed E-state index contributed by atoms with van der Waals surface area (Å²) >= 11 is 0. The third kappa shape index (κ3) is 2.09. The van der Waals surface area contributed by atoms with Gasteiger partial charge < -0.3 is 13.7 Å². The topological polar surface area (TPSA) is 44.4 Å². The third-order valence-electron chi connectivity index (χ3n) is 3.29. The molecule has 0 spiro atoms. The zero-order valence-electron chi connectivity index (χ0n) is 11.4. The Bertz CT molecular complexity index is 753. The average Bonchev–Trinajstić information content (AvgIpc) is 2.97. The molecule has 0 amide bonds. The second-order valence-electron chi connectivity index (χ2n) is 4.70. The first-order chi connectivity index (χ1) is 9.69. The third-order valence-corrected chi connectivity index (χ3v) is 3.29. The van der Waals surface area contributed by atoms with Gasteiger partial charge >= 0.3 is 5.97 Å². The molecule has 3 aromatic rings. The van der Waals surface area contributed by atoms with Crippen molar-refractivity contribution in [1.82, 2.24) is 4.57 Å². The van der Waals surface area contributed by atoms with Crippen LogP contribution < -0.4 is 0 Å². The Morgan fingerprint density at radius 3 is 2.70 bits per heavy atom. The van der Waals surface area contributed by atoms with Crippen LogP contribution in [0.5, 0.6) is 0 Å². The summed E-state index contributed by atoms with van der Waals surface area (Å²) in [5.41, 5.74) is 3.24. The van der Waals surface area contributed by atoms with Gasteiger partial charge in [-0.25, -0.2) is 4.79 Å². The number of nitrogens with zero attached hydrogens (tertiary/aromatic N) is 1. The number of fused-ring (bicyclic) bond motifs is 1. The van der Waals surface area contributed by atoms with E-state index in [1.54, 1.807) is 6.07 Å². The molecule has 0 bridgehead atoms. The molecule has 0 fully saturated rings. The van der Waals surface area contributed by atoms with Crippen LogP contribution in [0.1, 0.15) is 21.8 Å². The summed E-state index contributed by atoms with van der Waals surface area (Å²) in [5, 5.41) is 0. The van der Waals surface area contributed by atoms with E-state index in [9.17, 15) is 4.79 Å². The molecule has 0 aliphatic heterocycles. The van der Waals surface area contributed by atoms with E-state index in [2.05, 4.69) is 0 Å². The Morgan fingerprint density at radius 2 is 2.00 bits per heavy atom. The molecule has 102 valence electrons. The number of ether oxygens (including phenoxy) is 1. The zero-order valence-corrected chi connectivity index (χ0v) is 11.4. The van der Waals surface area contributed by atoms with E-state index in [0.29, 0.717) is 17.8 Å². The highest BCUT2D eigenvalue weighted by molar-refractivity contribution is 5.94. The molecular weight excluding hydrogens is 254 g/mol. The monoisotopic (exact) mass is 269 g/mol. The van der Waals surface area contributed by atoms with Crippen LogP contribution in [0.25, 0.3) is 11.1 Å². The zero-order chi connectivity index (χ0) is 14.1. The highest BCUT2D eigenvalue weighted by atomic mass is 16.5. The lowest BCUT2D eigenvalue weighted by molar-refractivity contribution is 0.0589. The van der Waals surface area contributed by atoms with Gasteiger partial charge in [0, 0.05) is 18.7 Å². The fourth-order valence-electron chi connectivity index (χ4n) is 2.38. The lowest BCUT2D eigenvalue weighted by Gasteiger charge is -2.08. The van der Waals surface area contributed by atoms with Gasteiger partial charge in [0.05, 0.1) is 12.6 Å². The van der Waals surface area contributed by atoms with E-state index in [1.807, 2.05) is 47.9 Å². The molecule has 0 aliphatic rings. The van der Waals surface area contributed by atoms with Crippen molar-refractivity contribution in [3.05, 3.63) is 59.5 Å². The molecule has 0 radical (unpaired) electrons. The van der Waals surface area contributed by atoms with Gasteiger partial charge in [-0.05, 0) is 12.5 Å². The van der Waals surface area contributed by atoms with Crippen molar-refractivity contribution >= 4 is 17.1 Å². The minimum absolute atomic E-state index is 0.356. The predicted molar refractivity (Wildman–Crippen MR) is 75.8 cm³/mol. The number of rotatable bonds is 3. The average molecular weight is 269 g/mol. The number of esters is 1. The summed E-state index contributed by atoms with van der Waals surface area (Å²) in [6.45, 7) is 2.50. The molecule has 4 heteroatoms. The smallest absolute Gasteiger partial charge is 0.354 e. The summed E-state index contributed by atoms with van der Waals surface area (Å²) < 4.78 is 12.4. The Morgan fingerprint density at radius 1 is 1.25 bits per heavy atom. The van der Waals surface area contributed by atoms with Crippen molar-refractivity contribution in [2.75, 3.05) is 7.11 Å². The summed E-state index contributed by atoms with van der Waals surface area (Å²) in [6.07, 6.45) is 0. The molecule has 0 atom stereocenters. The number of carbonyl (C=O) groups is 1. The maximum Gasteiger partial charge on any atom is 0.354 e. The largest absolute Gasteiger partial charge is 0.464 e. The van der Waals surface area contributed by atoms with Crippen molar-refractivity contribution in [3.63, 3.8) is 0 Å². The second-order valence-corrected chi connectivity index (χ2v) is 4.70. The molecular formula is C16H15NO3. The first kappa shape index (κ1) is 12.5. The number of carbonyl (C=O) groups excluding carboxylic acids is 1. The molecule has 20 heavy (non-hydrogen) atoms. The second kappa shape index (κ2) is 4.89. The van der Waals surface area contributed by atoms with Gasteiger partial charge in [-0.15, -0.1) is 0 Å². The minimum atomic E-state index is -0.356. The van der Waals surface area contributed by atoms with Crippen molar-refractivity contribution in [2.45, 2.75) is 13.5 Å². The first-order valence-electron chi connectivity index (χ1n) is 6.41. The Labute approximate surface area is 116 Å². The van der Waals surface area contributed by atoms with Crippen LogP contribution in [0.4, 0.5) is 0 Å². The summed E-state index contributed by atoms with van der Waals surface area (Å²) in [6, 6.07) is 13.7. The van der Waals surface area contributed by atoms with Gasteiger partial charge in [-0.1, -0.05) is 30.3 Å². The standard InChI is InChI=1S/C16H15NO3/c1-11-8-13-15(20-11)9-14(16(18)19-2)17(13)10-12-6-4-3-5-7-12/h3-9H,10H2,1-2H3. The normalized spacial score (nSPS) is 10.9. The van der Waals surface area contributed by atoms with E-state index >= 15 is 0 Å². The number of benzene rings is 1. The van der Waals surface area contributed by atoms with Crippen molar-refractivity contribution in [1.29, 1.82) is 0 Å². The van der Waals surface area contributed by atoms with Gasteiger partial charge in [-0.2, -0.15) is 0 Å². The molecule has 0 saturated heterocycles. The first-order valence-corrected chi connectivity index (χ1v) is 6.41. The molecule has 0 saturated carbocycles. The van der Waals surface area contributed by atoms with Crippen LogP contribution in [-0.2, 0) is 11.3 Å². The van der Waals surface area contributed by atoms with E-state index in [0.717, 1.165) is 16.8 Å². The molecule has 1 aromatic carbocycles. The molecule has 0 N–H and O–H groups in total. The van der Waals surface area contributed by atoms with E-state index in [-0.39, 0.29) is 5.97 Å². The lowest BCUT2D eigenvalue weighted by Crippen LogP contribution is -2.11. The SMILES string of the molecule is COC(=O)c1cc2oc(C)cc2n1Cc1ccccc1. The van der Waals surface area contributed by atoms with E-state index < -0.39 is 0 Å². The van der Waals surface area contributed by atoms with Crippen LogP contribution in [-0.4, -0.2) is 17.6 Å². The highest BCUT2D eigenvalue weighted by Crippen LogP contribution is 2.25. The van der Waals surface area contributed by atoms with E-state index in [4.69, 9.17) is 9.15 Å². The predicted octanol–water partition coefficient (Wildman–Crippen LogP) is 3.38. The Balaban J connectivity index is 2.12. The maximum atomic E-state index is 11.9. The molecule has 0 unspecified atom stereocenters. The quantitative estimate of drug-likeness (QED) is 0.685. The number of furan rings is 1. The van der Waals surface area contributed by atoms with Gasteiger partial charge in [0.1, 0.15) is 11.5 Å². The molecule has 4 nitrogen and oxygen atoms in total. The van der Waals surface area contributed by atoms with Crippen LogP contribution in [0.15, 0.2) is 46.9 Å². The Hall–Kier alpha value is -2.49. The van der Waals surface area contributed by atoms with Crippen molar-refractivity contribution in [3.8, 4) is 0 Å². The number of hydrogen-bond donors (Lipinski definition) is 0. The molecule has 0 aliphatic carbocycles. The van der Waals surface area contributed by atoms with Crippen LogP contribution in [0, 0.1) is 6.92 Å². The van der Waals surface area contributed by atoms with Crippen molar-refractivity contribution < 1.29 is 13.9 Å². The number of methoxy groups -OCH3 is 1. The van der Waals surface area contributed by atoms with Crippen molar-refractivity contribution in [2.24, 2.45) is 0 Å². The molecule has 3 rings (SSSR count). The van der Waals surface area contributed by atoms with Gasteiger partial charge in [0.15, 0.2) is 5.58 Å².